The second-order valence-corrected chi connectivity index (χ2v) is 11.1. The first kappa shape index (κ1) is 27.5. The first-order valence-corrected chi connectivity index (χ1v) is 13.3. The van der Waals surface area contributed by atoms with Crippen molar-refractivity contribution in [3.05, 3.63) is 69.2 Å². The number of rotatable bonds is 3. The topological polar surface area (TPSA) is 0 Å². The molecule has 0 fully saturated rings. The molecule has 0 heterocycles. The Morgan fingerprint density at radius 2 is 1.33 bits per heavy atom. The SMILES string of the molecule is C#Cc1cccc2c1CCC2(C)C(C)C.CC.CC(C)C1(C(C)C)CCc2c(Cl)cccc21. The summed E-state index contributed by atoms with van der Waals surface area (Å²) < 4.78 is 0. The lowest BCUT2D eigenvalue weighted by Gasteiger charge is -2.39. The Labute approximate surface area is 209 Å². The molecule has 4 rings (SSSR count). The van der Waals surface area contributed by atoms with Crippen LogP contribution in [0.3, 0.4) is 0 Å². The van der Waals surface area contributed by atoms with Crippen molar-refractivity contribution in [2.24, 2.45) is 17.8 Å². The normalized spacial score (nSPS) is 19.9. The Kier molecular flexibility index (Phi) is 9.30. The Bertz CT molecular complexity index is 964. The summed E-state index contributed by atoms with van der Waals surface area (Å²) in [5.74, 6) is 4.82. The summed E-state index contributed by atoms with van der Waals surface area (Å²) in [6.07, 6.45) is 10.3. The Balaban J connectivity index is 0.000000218. The average Bonchev–Trinajstić information content (AvgIpc) is 3.37. The van der Waals surface area contributed by atoms with Gasteiger partial charge >= 0.3 is 0 Å². The minimum atomic E-state index is 0.322. The Hall–Kier alpha value is -1.71. The van der Waals surface area contributed by atoms with Gasteiger partial charge in [-0.25, -0.2) is 0 Å². The minimum Gasteiger partial charge on any atom is -0.115 e. The second kappa shape index (κ2) is 11.1. The van der Waals surface area contributed by atoms with Gasteiger partial charge in [-0.15, -0.1) is 6.42 Å². The smallest absolute Gasteiger partial charge is 0.0440 e. The summed E-state index contributed by atoms with van der Waals surface area (Å²) >= 11 is 6.31. The number of halogens is 1. The molecule has 1 heteroatoms. The van der Waals surface area contributed by atoms with Gasteiger partial charge < -0.3 is 0 Å². The van der Waals surface area contributed by atoms with Crippen molar-refractivity contribution >= 4 is 11.6 Å². The van der Waals surface area contributed by atoms with E-state index >= 15 is 0 Å². The summed E-state index contributed by atoms with van der Waals surface area (Å²) in [5.41, 5.74) is 7.54. The van der Waals surface area contributed by atoms with Gasteiger partial charge in [0, 0.05) is 16.0 Å². The van der Waals surface area contributed by atoms with Crippen LogP contribution in [0.1, 0.15) is 103 Å². The predicted molar refractivity (Wildman–Crippen MR) is 147 cm³/mol. The van der Waals surface area contributed by atoms with E-state index in [1.807, 2.05) is 19.9 Å². The van der Waals surface area contributed by atoms with Crippen LogP contribution in [0.2, 0.25) is 5.02 Å². The van der Waals surface area contributed by atoms with Crippen molar-refractivity contribution in [3.8, 4) is 12.3 Å². The molecule has 0 amide bonds. The van der Waals surface area contributed by atoms with E-state index in [1.54, 1.807) is 0 Å². The molecule has 2 aliphatic carbocycles. The van der Waals surface area contributed by atoms with Crippen molar-refractivity contribution in [2.75, 3.05) is 0 Å². The van der Waals surface area contributed by atoms with Crippen LogP contribution in [0.15, 0.2) is 36.4 Å². The van der Waals surface area contributed by atoms with E-state index in [9.17, 15) is 0 Å². The molecule has 0 aliphatic heterocycles. The number of terminal acetylenes is 1. The van der Waals surface area contributed by atoms with Crippen LogP contribution >= 0.6 is 11.6 Å². The molecule has 0 saturated carbocycles. The van der Waals surface area contributed by atoms with Crippen LogP contribution in [0, 0.1) is 30.1 Å². The van der Waals surface area contributed by atoms with E-state index < -0.39 is 0 Å². The van der Waals surface area contributed by atoms with Gasteiger partial charge in [-0.3, -0.25) is 0 Å². The zero-order valence-corrected chi connectivity index (χ0v) is 23.2. The third-order valence-electron chi connectivity index (χ3n) is 8.58. The molecule has 0 spiro atoms. The Morgan fingerprint density at radius 3 is 1.88 bits per heavy atom. The van der Waals surface area contributed by atoms with Gasteiger partial charge in [-0.1, -0.05) is 104 Å². The van der Waals surface area contributed by atoms with Crippen molar-refractivity contribution in [2.45, 2.75) is 98.8 Å². The highest BCUT2D eigenvalue weighted by Gasteiger charge is 2.44. The largest absolute Gasteiger partial charge is 0.115 e. The van der Waals surface area contributed by atoms with Gasteiger partial charge in [0.2, 0.25) is 0 Å². The highest BCUT2D eigenvalue weighted by Crippen LogP contribution is 2.50. The summed E-state index contributed by atoms with van der Waals surface area (Å²) in [6, 6.07) is 12.8. The maximum Gasteiger partial charge on any atom is 0.0440 e. The van der Waals surface area contributed by atoms with E-state index in [1.165, 1.54) is 35.1 Å². The molecule has 180 valence electrons. The van der Waals surface area contributed by atoms with Gasteiger partial charge in [-0.05, 0) is 83.2 Å². The second-order valence-electron chi connectivity index (χ2n) is 10.7. The fourth-order valence-corrected chi connectivity index (χ4v) is 6.50. The van der Waals surface area contributed by atoms with Gasteiger partial charge in [0.15, 0.2) is 0 Å². The third-order valence-corrected chi connectivity index (χ3v) is 8.94. The minimum absolute atomic E-state index is 0.322. The zero-order valence-electron chi connectivity index (χ0n) is 22.5. The molecule has 2 aliphatic rings. The highest BCUT2D eigenvalue weighted by atomic mass is 35.5. The standard InChI is InChI=1S/C15H21Cl.C15H18.C2H6/c1-10(2)15(11(3)4)9-8-12-13(15)6-5-7-14(12)16;1-5-12-7-6-8-14-13(12)9-10-15(14,4)11(2)3;1-2/h5-7,10-11H,8-9H2,1-4H3;1,6-8,11H,9-10H2,2-4H3;1-2H3. The molecule has 0 bridgehead atoms. The molecule has 0 N–H and O–H groups in total. The van der Waals surface area contributed by atoms with Crippen LogP contribution in [0.5, 0.6) is 0 Å². The van der Waals surface area contributed by atoms with E-state index in [0.29, 0.717) is 28.6 Å². The molecule has 0 nitrogen and oxygen atoms in total. The summed E-state index contributed by atoms with van der Waals surface area (Å²) in [7, 11) is 0. The maximum atomic E-state index is 6.31. The Morgan fingerprint density at radius 1 is 0.788 bits per heavy atom. The monoisotopic (exact) mass is 464 g/mol. The first-order valence-electron chi connectivity index (χ1n) is 13.0. The average molecular weight is 465 g/mol. The number of hydrogen-bond donors (Lipinski definition) is 0. The van der Waals surface area contributed by atoms with Gasteiger partial charge in [-0.2, -0.15) is 0 Å². The summed E-state index contributed by atoms with van der Waals surface area (Å²) in [5, 5.41) is 0.959. The molecule has 0 radical (unpaired) electrons. The van der Waals surface area contributed by atoms with Crippen molar-refractivity contribution in [1.82, 2.24) is 0 Å². The fraction of sp³-hybridized carbons (Fsp3) is 0.562. The molecule has 0 saturated heterocycles. The maximum absolute atomic E-state index is 6.31. The van der Waals surface area contributed by atoms with Gasteiger partial charge in [0.05, 0.1) is 0 Å². The number of benzene rings is 2. The molecule has 0 aromatic heterocycles. The molecular weight excluding hydrogens is 420 g/mol. The lowest BCUT2D eigenvalue weighted by molar-refractivity contribution is 0.218. The number of fused-ring (bicyclic) bond motifs is 2. The van der Waals surface area contributed by atoms with Crippen LogP contribution in [-0.2, 0) is 23.7 Å². The fourth-order valence-electron chi connectivity index (χ4n) is 6.23. The molecule has 2 aromatic carbocycles. The first-order chi connectivity index (χ1) is 15.6. The number of hydrogen-bond acceptors (Lipinski definition) is 0. The summed E-state index contributed by atoms with van der Waals surface area (Å²) in [4.78, 5) is 0. The van der Waals surface area contributed by atoms with Crippen LogP contribution < -0.4 is 0 Å². The van der Waals surface area contributed by atoms with Crippen LogP contribution in [0.4, 0.5) is 0 Å². The lowest BCUT2D eigenvalue weighted by Crippen LogP contribution is -2.35. The van der Waals surface area contributed by atoms with Crippen LogP contribution in [0.25, 0.3) is 0 Å². The van der Waals surface area contributed by atoms with E-state index in [0.717, 1.165) is 23.4 Å². The molecular formula is C32H45Cl. The van der Waals surface area contributed by atoms with Crippen molar-refractivity contribution in [1.29, 1.82) is 0 Å². The molecule has 1 unspecified atom stereocenters. The zero-order chi connectivity index (χ0) is 25.0. The van der Waals surface area contributed by atoms with E-state index in [-0.39, 0.29) is 0 Å². The summed E-state index contributed by atoms with van der Waals surface area (Å²) in [6.45, 7) is 20.3. The van der Waals surface area contributed by atoms with E-state index in [4.69, 9.17) is 18.0 Å². The molecule has 1 atom stereocenters. The van der Waals surface area contributed by atoms with E-state index in [2.05, 4.69) is 84.7 Å². The van der Waals surface area contributed by atoms with Gasteiger partial charge in [0.1, 0.15) is 0 Å². The third kappa shape index (κ3) is 4.91. The quantitative estimate of drug-likeness (QED) is 0.396. The molecule has 33 heavy (non-hydrogen) atoms. The van der Waals surface area contributed by atoms with Gasteiger partial charge in [0.25, 0.3) is 0 Å². The predicted octanol–water partition coefficient (Wildman–Crippen LogP) is 9.39. The van der Waals surface area contributed by atoms with Crippen molar-refractivity contribution < 1.29 is 0 Å². The molecule has 2 aromatic rings. The van der Waals surface area contributed by atoms with Crippen molar-refractivity contribution in [3.63, 3.8) is 0 Å². The van der Waals surface area contributed by atoms with Crippen LogP contribution in [-0.4, -0.2) is 0 Å². The lowest BCUT2D eigenvalue weighted by atomic mass is 9.65. The highest BCUT2D eigenvalue weighted by molar-refractivity contribution is 6.31.